The first kappa shape index (κ1) is 8.29. The van der Waals surface area contributed by atoms with E-state index in [1.54, 1.807) is 17.0 Å². The summed E-state index contributed by atoms with van der Waals surface area (Å²) in [5, 5.41) is 0. The molecule has 0 saturated carbocycles. The van der Waals surface area contributed by atoms with Gasteiger partial charge in [-0.2, -0.15) is 0 Å². The minimum atomic E-state index is 0.0321. The first-order valence-electron chi connectivity index (χ1n) is 4.63. The Labute approximate surface area is 76.8 Å². The predicted molar refractivity (Wildman–Crippen MR) is 51.0 cm³/mol. The molecule has 2 heterocycles. The molecular formula is C9H13N3O. The summed E-state index contributed by atoms with van der Waals surface area (Å²) in [5.74, 6) is 0.607. The third-order valence-electron chi connectivity index (χ3n) is 2.39. The molecule has 0 atom stereocenters. The van der Waals surface area contributed by atoms with Crippen molar-refractivity contribution < 1.29 is 0 Å². The van der Waals surface area contributed by atoms with Crippen LogP contribution in [-0.2, 0) is 6.54 Å². The monoisotopic (exact) mass is 179 g/mol. The van der Waals surface area contributed by atoms with Crippen molar-refractivity contribution in [3.8, 4) is 0 Å². The summed E-state index contributed by atoms with van der Waals surface area (Å²) in [6.45, 7) is 4.61. The van der Waals surface area contributed by atoms with E-state index in [1.165, 1.54) is 6.42 Å². The van der Waals surface area contributed by atoms with Gasteiger partial charge in [0.2, 0.25) is 0 Å². The molecule has 0 aliphatic carbocycles. The first-order chi connectivity index (χ1) is 6.33. The highest BCUT2D eigenvalue weighted by Crippen LogP contribution is 2.12. The van der Waals surface area contributed by atoms with Crippen LogP contribution < -0.4 is 10.5 Å². The number of hydrogen-bond donors (Lipinski definition) is 0. The zero-order valence-electron chi connectivity index (χ0n) is 7.73. The molecule has 1 saturated heterocycles. The molecule has 1 aliphatic heterocycles. The molecule has 2 rings (SSSR count). The largest absolute Gasteiger partial charge is 0.352 e. The number of aryl methyl sites for hydroxylation is 1. The second kappa shape index (κ2) is 3.20. The van der Waals surface area contributed by atoms with Crippen molar-refractivity contribution in [1.29, 1.82) is 0 Å². The van der Waals surface area contributed by atoms with Crippen LogP contribution >= 0.6 is 0 Å². The Morgan fingerprint density at radius 1 is 1.54 bits per heavy atom. The van der Waals surface area contributed by atoms with Gasteiger partial charge in [-0.1, -0.05) is 0 Å². The molecule has 1 aromatic heterocycles. The lowest BCUT2D eigenvalue weighted by Gasteiger charge is -2.31. The fourth-order valence-electron chi connectivity index (χ4n) is 1.43. The van der Waals surface area contributed by atoms with E-state index < -0.39 is 0 Å². The maximum absolute atomic E-state index is 11.7. The van der Waals surface area contributed by atoms with E-state index in [9.17, 15) is 4.79 Å². The van der Waals surface area contributed by atoms with Crippen molar-refractivity contribution in [3.63, 3.8) is 0 Å². The summed E-state index contributed by atoms with van der Waals surface area (Å²) in [4.78, 5) is 17.8. The molecule has 0 N–H and O–H groups in total. The van der Waals surface area contributed by atoms with Crippen molar-refractivity contribution in [2.75, 3.05) is 18.0 Å². The zero-order valence-corrected chi connectivity index (χ0v) is 7.73. The van der Waals surface area contributed by atoms with E-state index in [0.29, 0.717) is 12.4 Å². The van der Waals surface area contributed by atoms with E-state index in [0.717, 1.165) is 13.1 Å². The van der Waals surface area contributed by atoms with Crippen LogP contribution in [0.15, 0.2) is 17.2 Å². The fraction of sp³-hybridized carbons (Fsp3) is 0.556. The number of hydrogen-bond acceptors (Lipinski definition) is 3. The van der Waals surface area contributed by atoms with Crippen molar-refractivity contribution in [2.24, 2.45) is 0 Å². The zero-order chi connectivity index (χ0) is 9.26. The van der Waals surface area contributed by atoms with E-state index in [1.807, 2.05) is 11.8 Å². The third-order valence-corrected chi connectivity index (χ3v) is 2.39. The number of rotatable bonds is 2. The van der Waals surface area contributed by atoms with Crippen molar-refractivity contribution in [2.45, 2.75) is 19.9 Å². The van der Waals surface area contributed by atoms with Crippen LogP contribution in [0.5, 0.6) is 0 Å². The summed E-state index contributed by atoms with van der Waals surface area (Å²) in [6.07, 6.45) is 4.59. The van der Waals surface area contributed by atoms with Gasteiger partial charge in [-0.05, 0) is 13.3 Å². The molecule has 0 spiro atoms. The summed E-state index contributed by atoms with van der Waals surface area (Å²) in [5.41, 5.74) is 0.0321. The Morgan fingerprint density at radius 3 is 2.85 bits per heavy atom. The number of anilines is 1. The predicted octanol–water partition coefficient (Wildman–Crippen LogP) is 0.473. The Hall–Kier alpha value is -1.32. The smallest absolute Gasteiger partial charge is 0.293 e. The minimum absolute atomic E-state index is 0.0321. The Balaban J connectivity index is 2.39. The van der Waals surface area contributed by atoms with Crippen molar-refractivity contribution in [1.82, 2.24) is 9.55 Å². The van der Waals surface area contributed by atoms with Gasteiger partial charge in [-0.3, -0.25) is 4.79 Å². The topological polar surface area (TPSA) is 38.1 Å². The van der Waals surface area contributed by atoms with Gasteiger partial charge < -0.3 is 9.47 Å². The molecule has 0 aromatic carbocycles. The van der Waals surface area contributed by atoms with E-state index >= 15 is 0 Å². The van der Waals surface area contributed by atoms with E-state index in [2.05, 4.69) is 4.98 Å². The van der Waals surface area contributed by atoms with Crippen LogP contribution in [0.25, 0.3) is 0 Å². The lowest BCUT2D eigenvalue weighted by Crippen LogP contribution is -2.42. The van der Waals surface area contributed by atoms with Gasteiger partial charge in [0.1, 0.15) is 0 Å². The fourth-order valence-corrected chi connectivity index (χ4v) is 1.43. The Kier molecular flexibility index (Phi) is 2.04. The molecule has 13 heavy (non-hydrogen) atoms. The molecule has 1 aromatic rings. The molecular weight excluding hydrogens is 166 g/mol. The van der Waals surface area contributed by atoms with Crippen LogP contribution in [-0.4, -0.2) is 22.6 Å². The van der Waals surface area contributed by atoms with E-state index in [-0.39, 0.29) is 5.56 Å². The average molecular weight is 179 g/mol. The van der Waals surface area contributed by atoms with Crippen LogP contribution in [0, 0.1) is 0 Å². The molecule has 0 radical (unpaired) electrons. The molecule has 4 heteroatoms. The molecule has 1 fully saturated rings. The maximum atomic E-state index is 11.7. The molecule has 0 unspecified atom stereocenters. The average Bonchev–Trinajstić information content (AvgIpc) is 2.05. The van der Waals surface area contributed by atoms with Gasteiger partial charge in [0.25, 0.3) is 5.56 Å². The summed E-state index contributed by atoms with van der Waals surface area (Å²) in [7, 11) is 0. The molecule has 0 amide bonds. The number of aromatic nitrogens is 2. The van der Waals surface area contributed by atoms with Gasteiger partial charge >= 0.3 is 0 Å². The molecule has 70 valence electrons. The van der Waals surface area contributed by atoms with Gasteiger partial charge in [0.05, 0.1) is 0 Å². The SMILES string of the molecule is CCn1ccnc(N2CCC2)c1=O. The number of nitrogens with zero attached hydrogens (tertiary/aromatic N) is 3. The molecule has 1 aliphatic rings. The van der Waals surface area contributed by atoms with Crippen molar-refractivity contribution >= 4 is 5.82 Å². The second-order valence-corrected chi connectivity index (χ2v) is 3.18. The molecule has 0 bridgehead atoms. The quantitative estimate of drug-likeness (QED) is 0.662. The highest BCUT2D eigenvalue weighted by atomic mass is 16.1. The van der Waals surface area contributed by atoms with Crippen LogP contribution in [0.3, 0.4) is 0 Å². The Bertz CT molecular complexity index is 354. The highest BCUT2D eigenvalue weighted by molar-refractivity contribution is 5.38. The first-order valence-corrected chi connectivity index (χ1v) is 4.63. The van der Waals surface area contributed by atoms with Crippen LogP contribution in [0.2, 0.25) is 0 Å². The maximum Gasteiger partial charge on any atom is 0.293 e. The summed E-state index contributed by atoms with van der Waals surface area (Å²) in [6, 6.07) is 0. The summed E-state index contributed by atoms with van der Waals surface area (Å²) >= 11 is 0. The van der Waals surface area contributed by atoms with Crippen LogP contribution in [0.4, 0.5) is 5.82 Å². The normalized spacial score (nSPS) is 15.6. The second-order valence-electron chi connectivity index (χ2n) is 3.18. The van der Waals surface area contributed by atoms with Gasteiger partial charge in [-0.25, -0.2) is 4.98 Å². The standard InChI is InChI=1S/C9H13N3O/c1-2-11-7-4-10-8(9(11)13)12-5-3-6-12/h4,7H,2-3,5-6H2,1H3. The van der Waals surface area contributed by atoms with E-state index in [4.69, 9.17) is 0 Å². The lowest BCUT2D eigenvalue weighted by molar-refractivity contribution is 0.595. The molecule has 4 nitrogen and oxygen atoms in total. The van der Waals surface area contributed by atoms with Gasteiger partial charge in [0, 0.05) is 32.0 Å². The lowest BCUT2D eigenvalue weighted by atomic mass is 10.2. The minimum Gasteiger partial charge on any atom is -0.352 e. The van der Waals surface area contributed by atoms with Gasteiger partial charge in [-0.15, -0.1) is 0 Å². The van der Waals surface area contributed by atoms with Gasteiger partial charge in [0.15, 0.2) is 5.82 Å². The third kappa shape index (κ3) is 1.32. The van der Waals surface area contributed by atoms with Crippen LogP contribution in [0.1, 0.15) is 13.3 Å². The van der Waals surface area contributed by atoms with Crippen molar-refractivity contribution in [3.05, 3.63) is 22.7 Å². The Morgan fingerprint density at radius 2 is 2.31 bits per heavy atom. The highest BCUT2D eigenvalue weighted by Gasteiger charge is 2.18. The summed E-state index contributed by atoms with van der Waals surface area (Å²) < 4.78 is 1.68.